The maximum absolute atomic E-state index is 12.7. The molecule has 17 heteroatoms. The minimum atomic E-state index is -1.68. The molecule has 4 aliphatic carbocycles. The molecule has 0 spiro atoms. The smallest absolute Gasteiger partial charge is 0.187 e. The summed E-state index contributed by atoms with van der Waals surface area (Å²) in [6.07, 6.45) is -12.4. The number of rotatable bonds is 12. The summed E-state index contributed by atoms with van der Waals surface area (Å²) in [4.78, 5) is 0. The van der Waals surface area contributed by atoms with Crippen LogP contribution in [0.15, 0.2) is 11.6 Å². The molecule has 0 aromatic heterocycles. The van der Waals surface area contributed by atoms with Gasteiger partial charge in [-0.1, -0.05) is 46.3 Å². The highest BCUT2D eigenvalue weighted by Gasteiger charge is 2.72. The summed E-state index contributed by atoms with van der Waals surface area (Å²) in [5.41, 5.74) is -0.948. The van der Waals surface area contributed by atoms with Crippen molar-refractivity contribution in [1.82, 2.24) is 0 Å². The van der Waals surface area contributed by atoms with Crippen LogP contribution in [0.1, 0.15) is 113 Å². The standard InChI is InChI=1S/C47H80O17/c1-22(2)10-9-14-47(8,64-42-39(58)36(55)34(53)27(62-42)21-60-40-37(56)32(51)25(50)20-59-40)23-11-16-46(7)31(23)24(49)18-29-44(5)15-13-30(43(3,4)28(44)12-17-45(29,46)6)63-41-38(57)35(54)33(52)26(19-48)61-41/h10,23-42,48-58H,9,11-21H2,1-8H3/t23-,24-,25+,26-,27+,28+,29-,30+,31+,32+,33-,34+,35+,36-,37+,38+,39+,40+,41+,42-,44-,45+,46-,47+/m1/s1. The summed E-state index contributed by atoms with van der Waals surface area (Å²) in [6, 6.07) is 0. The van der Waals surface area contributed by atoms with Gasteiger partial charge in [-0.05, 0) is 124 Å². The second-order valence-electron chi connectivity index (χ2n) is 22.5. The SMILES string of the molecule is CC(C)=CCC[C@](C)(O[C@H]1O[C@@H](CO[C@@H]2OC[C@H](O)[C@H](O)[C@@H]2O)[C@H](O)[C@@H](O)[C@@H]1O)[C@@H]1CC[C@]2(C)[C@@H]1[C@H](O)C[C@@H]1[C@]3(C)CC[C@H](O[C@@H]4O[C@H](CO)[C@@H](O)[C@H](O)[C@@H]4O)C(C)(C)[C@@H]3CC[C@@]12C. The number of aliphatic hydroxyl groups is 11. The average molecular weight is 917 g/mol. The summed E-state index contributed by atoms with van der Waals surface area (Å²) >= 11 is 0. The molecule has 17 nitrogen and oxygen atoms in total. The topological polar surface area (TPSA) is 278 Å². The van der Waals surface area contributed by atoms with Gasteiger partial charge in [0.25, 0.3) is 0 Å². The normalized spacial score (nSPS) is 52.5. The lowest BCUT2D eigenvalue weighted by Gasteiger charge is -2.71. The van der Waals surface area contributed by atoms with Crippen LogP contribution >= 0.6 is 0 Å². The van der Waals surface area contributed by atoms with Crippen molar-refractivity contribution in [3.05, 3.63) is 11.6 Å². The third kappa shape index (κ3) is 8.60. The van der Waals surface area contributed by atoms with Gasteiger partial charge in [0.05, 0.1) is 37.6 Å². The molecule has 64 heavy (non-hydrogen) atoms. The third-order valence-corrected chi connectivity index (χ3v) is 18.4. The van der Waals surface area contributed by atoms with E-state index < -0.39 is 116 Å². The van der Waals surface area contributed by atoms with Crippen molar-refractivity contribution < 1.29 is 84.6 Å². The van der Waals surface area contributed by atoms with Crippen LogP contribution in [0.5, 0.6) is 0 Å². The molecule has 24 atom stereocenters. The van der Waals surface area contributed by atoms with Crippen LogP contribution in [0.4, 0.5) is 0 Å². The summed E-state index contributed by atoms with van der Waals surface area (Å²) < 4.78 is 36.5. The maximum Gasteiger partial charge on any atom is 0.187 e. The molecule has 7 aliphatic rings. The Morgan fingerprint density at radius 2 is 1.28 bits per heavy atom. The van der Waals surface area contributed by atoms with Gasteiger partial charge < -0.3 is 84.6 Å². The van der Waals surface area contributed by atoms with Crippen LogP contribution in [-0.2, 0) is 28.4 Å². The molecule has 3 heterocycles. The number of aliphatic hydroxyl groups excluding tert-OH is 11. The van der Waals surface area contributed by atoms with E-state index >= 15 is 0 Å². The van der Waals surface area contributed by atoms with E-state index in [1.165, 1.54) is 0 Å². The van der Waals surface area contributed by atoms with Gasteiger partial charge in [-0.2, -0.15) is 0 Å². The highest BCUT2D eigenvalue weighted by Crippen LogP contribution is 2.76. The first-order chi connectivity index (χ1) is 29.9. The minimum absolute atomic E-state index is 0.149. The third-order valence-electron chi connectivity index (χ3n) is 18.4. The van der Waals surface area contributed by atoms with Crippen molar-refractivity contribution in [3.8, 4) is 0 Å². The predicted molar refractivity (Wildman–Crippen MR) is 228 cm³/mol. The molecule has 4 saturated carbocycles. The van der Waals surface area contributed by atoms with Gasteiger partial charge in [-0.3, -0.25) is 0 Å². The van der Waals surface area contributed by atoms with Gasteiger partial charge in [-0.15, -0.1) is 0 Å². The predicted octanol–water partition coefficient (Wildman–Crippen LogP) is 0.612. The van der Waals surface area contributed by atoms with Crippen LogP contribution in [0, 0.1) is 45.3 Å². The van der Waals surface area contributed by atoms with E-state index in [-0.39, 0.29) is 52.6 Å². The maximum atomic E-state index is 12.7. The molecule has 0 aromatic rings. The molecule has 0 unspecified atom stereocenters. The first-order valence-corrected chi connectivity index (χ1v) is 23.8. The Kier molecular flexibility index (Phi) is 14.9. The van der Waals surface area contributed by atoms with Gasteiger partial charge in [0.1, 0.15) is 67.1 Å². The summed E-state index contributed by atoms with van der Waals surface area (Å²) in [7, 11) is 0. The second kappa shape index (κ2) is 18.8. The second-order valence-corrected chi connectivity index (χ2v) is 22.5. The lowest BCUT2D eigenvalue weighted by atomic mass is 9.35. The van der Waals surface area contributed by atoms with Crippen molar-refractivity contribution in [2.75, 3.05) is 19.8 Å². The Balaban J connectivity index is 1.11. The molecule has 0 amide bonds. The Hall–Kier alpha value is -0.940. The Morgan fingerprint density at radius 3 is 1.94 bits per heavy atom. The fourth-order valence-corrected chi connectivity index (χ4v) is 14.5. The quantitative estimate of drug-likeness (QED) is 0.0946. The van der Waals surface area contributed by atoms with Crippen LogP contribution in [0.3, 0.4) is 0 Å². The van der Waals surface area contributed by atoms with Crippen molar-refractivity contribution in [2.45, 2.75) is 217 Å². The highest BCUT2D eigenvalue weighted by molar-refractivity contribution is 5.20. The van der Waals surface area contributed by atoms with Gasteiger partial charge in [0.15, 0.2) is 18.9 Å². The molecular weight excluding hydrogens is 836 g/mol. The van der Waals surface area contributed by atoms with E-state index in [9.17, 15) is 56.2 Å². The highest BCUT2D eigenvalue weighted by atomic mass is 16.7. The number of hydrogen-bond donors (Lipinski definition) is 11. The van der Waals surface area contributed by atoms with Crippen molar-refractivity contribution >= 4 is 0 Å². The number of ether oxygens (including phenoxy) is 6. The summed E-state index contributed by atoms with van der Waals surface area (Å²) in [5, 5.41) is 118. The Morgan fingerprint density at radius 1 is 0.672 bits per heavy atom. The Bertz CT molecular complexity index is 1630. The molecule has 0 aromatic carbocycles. The molecule has 11 N–H and O–H groups in total. The first-order valence-electron chi connectivity index (χ1n) is 23.8. The molecule has 370 valence electrons. The number of allylic oxidation sites excluding steroid dienone is 2. The van der Waals surface area contributed by atoms with Crippen molar-refractivity contribution in [1.29, 1.82) is 0 Å². The van der Waals surface area contributed by atoms with Gasteiger partial charge in [-0.25, -0.2) is 0 Å². The zero-order valence-corrected chi connectivity index (χ0v) is 39.0. The Labute approximate surface area is 377 Å². The number of fused-ring (bicyclic) bond motifs is 5. The zero-order valence-electron chi connectivity index (χ0n) is 39.0. The van der Waals surface area contributed by atoms with Gasteiger partial charge in [0.2, 0.25) is 0 Å². The fraction of sp³-hybridized carbons (Fsp3) is 0.957. The van der Waals surface area contributed by atoms with E-state index in [0.29, 0.717) is 25.7 Å². The van der Waals surface area contributed by atoms with Crippen LogP contribution in [0.2, 0.25) is 0 Å². The molecule has 7 rings (SSSR count). The molecule has 0 radical (unpaired) electrons. The minimum Gasteiger partial charge on any atom is -0.394 e. The molecule has 3 aliphatic heterocycles. The van der Waals surface area contributed by atoms with E-state index in [4.69, 9.17) is 28.4 Å². The van der Waals surface area contributed by atoms with E-state index in [1.807, 2.05) is 20.8 Å². The lowest BCUT2D eigenvalue weighted by Crippen LogP contribution is -2.67. The number of hydrogen-bond acceptors (Lipinski definition) is 17. The van der Waals surface area contributed by atoms with Crippen LogP contribution in [-0.4, -0.2) is 180 Å². The van der Waals surface area contributed by atoms with Crippen LogP contribution in [0.25, 0.3) is 0 Å². The first kappa shape index (κ1) is 50.9. The van der Waals surface area contributed by atoms with Crippen LogP contribution < -0.4 is 0 Å². The molecule has 0 bridgehead atoms. The monoisotopic (exact) mass is 917 g/mol. The average Bonchev–Trinajstić information content (AvgIpc) is 3.62. The van der Waals surface area contributed by atoms with Crippen molar-refractivity contribution in [2.24, 2.45) is 45.3 Å². The lowest BCUT2D eigenvalue weighted by molar-refractivity contribution is -0.346. The van der Waals surface area contributed by atoms with Gasteiger partial charge >= 0.3 is 0 Å². The molecule has 3 saturated heterocycles. The van der Waals surface area contributed by atoms with Gasteiger partial charge in [0, 0.05) is 0 Å². The summed E-state index contributed by atoms with van der Waals surface area (Å²) in [6.45, 7) is 16.3. The molecule has 7 fully saturated rings. The van der Waals surface area contributed by atoms with E-state index in [0.717, 1.165) is 37.7 Å². The fourth-order valence-electron chi connectivity index (χ4n) is 14.5. The zero-order chi connectivity index (χ0) is 47.1. The van der Waals surface area contributed by atoms with Crippen molar-refractivity contribution in [3.63, 3.8) is 0 Å². The molecular formula is C47H80O17. The largest absolute Gasteiger partial charge is 0.394 e. The van der Waals surface area contributed by atoms with E-state index in [2.05, 4.69) is 40.7 Å². The summed E-state index contributed by atoms with van der Waals surface area (Å²) in [5.74, 6) is -0.0478. The van der Waals surface area contributed by atoms with E-state index in [1.54, 1.807) is 0 Å².